The van der Waals surface area contributed by atoms with Gasteiger partial charge in [0.05, 0.1) is 14.2 Å². The molecule has 0 bridgehead atoms. The minimum absolute atomic E-state index is 0.161. The summed E-state index contributed by atoms with van der Waals surface area (Å²) in [6.45, 7) is 2.19. The Hall–Kier alpha value is -3.80. The fraction of sp³-hybridized carbons (Fsp3) is 0.259. The van der Waals surface area contributed by atoms with E-state index in [1.165, 1.54) is 6.92 Å². The lowest BCUT2D eigenvalue weighted by Gasteiger charge is -2.30. The van der Waals surface area contributed by atoms with Crippen LogP contribution in [0.15, 0.2) is 78.9 Å². The van der Waals surface area contributed by atoms with E-state index in [1.54, 1.807) is 19.1 Å². The minimum atomic E-state index is -0.648. The van der Waals surface area contributed by atoms with Gasteiger partial charge in [-0.25, -0.2) is 0 Å². The number of carbonyl (C=O) groups excluding carboxylic acids is 2. The SMILES string of the molecule is COc1ccc(CNC(=O)[C@H](Cc2ccccc2)N(Cc2ccc(OC)cc2)C(C)=O)cc1. The zero-order valence-corrected chi connectivity index (χ0v) is 19.3. The Morgan fingerprint density at radius 3 is 1.85 bits per heavy atom. The number of hydrogen-bond acceptors (Lipinski definition) is 4. The predicted octanol–water partition coefficient (Wildman–Crippen LogP) is 3.98. The van der Waals surface area contributed by atoms with Crippen molar-refractivity contribution < 1.29 is 19.1 Å². The first-order valence-corrected chi connectivity index (χ1v) is 10.8. The van der Waals surface area contributed by atoms with Gasteiger partial charge in [0.15, 0.2) is 0 Å². The Morgan fingerprint density at radius 1 is 0.788 bits per heavy atom. The molecule has 0 unspecified atom stereocenters. The molecule has 0 aliphatic rings. The van der Waals surface area contributed by atoms with Crippen molar-refractivity contribution in [2.75, 3.05) is 14.2 Å². The molecule has 0 saturated carbocycles. The summed E-state index contributed by atoms with van der Waals surface area (Å²) in [6.07, 6.45) is 0.422. The van der Waals surface area contributed by atoms with Crippen molar-refractivity contribution in [1.29, 1.82) is 0 Å². The van der Waals surface area contributed by atoms with Gasteiger partial charge in [0.1, 0.15) is 17.5 Å². The van der Waals surface area contributed by atoms with E-state index in [1.807, 2.05) is 78.9 Å². The molecule has 3 aromatic carbocycles. The summed E-state index contributed by atoms with van der Waals surface area (Å²) in [6, 6.07) is 24.1. The fourth-order valence-electron chi connectivity index (χ4n) is 3.60. The van der Waals surface area contributed by atoms with Crippen molar-refractivity contribution in [1.82, 2.24) is 10.2 Å². The number of amides is 2. The summed E-state index contributed by atoms with van der Waals surface area (Å²) in [4.78, 5) is 27.6. The molecule has 0 aliphatic carbocycles. The number of nitrogens with one attached hydrogen (secondary N) is 1. The molecule has 2 amide bonds. The second kappa shape index (κ2) is 11.7. The highest BCUT2D eigenvalue weighted by Crippen LogP contribution is 2.18. The smallest absolute Gasteiger partial charge is 0.243 e. The molecule has 0 saturated heterocycles. The molecule has 0 radical (unpaired) electrons. The van der Waals surface area contributed by atoms with Crippen LogP contribution in [0.5, 0.6) is 11.5 Å². The van der Waals surface area contributed by atoms with Gasteiger partial charge in [-0.2, -0.15) is 0 Å². The lowest BCUT2D eigenvalue weighted by Crippen LogP contribution is -2.49. The summed E-state index contributed by atoms with van der Waals surface area (Å²) >= 11 is 0. The Kier molecular flexibility index (Phi) is 8.47. The molecular formula is C27H30N2O4. The topological polar surface area (TPSA) is 67.9 Å². The predicted molar refractivity (Wildman–Crippen MR) is 128 cm³/mol. The molecule has 3 aromatic rings. The van der Waals surface area contributed by atoms with Crippen LogP contribution in [0.1, 0.15) is 23.6 Å². The quantitative estimate of drug-likeness (QED) is 0.512. The maximum Gasteiger partial charge on any atom is 0.243 e. The highest BCUT2D eigenvalue weighted by molar-refractivity contribution is 5.87. The van der Waals surface area contributed by atoms with Gasteiger partial charge in [-0.05, 0) is 41.0 Å². The highest BCUT2D eigenvalue weighted by Gasteiger charge is 2.28. The standard InChI is InChI=1S/C27H30N2O4/c1-20(30)29(19-23-11-15-25(33-3)16-12-23)26(17-21-7-5-4-6-8-21)27(31)28-18-22-9-13-24(32-2)14-10-22/h4-16,26H,17-19H2,1-3H3,(H,28,31)/t26-/m0/s1. The normalized spacial score (nSPS) is 11.4. The van der Waals surface area contributed by atoms with E-state index in [-0.39, 0.29) is 11.8 Å². The van der Waals surface area contributed by atoms with Gasteiger partial charge >= 0.3 is 0 Å². The van der Waals surface area contributed by atoms with E-state index in [0.717, 1.165) is 28.2 Å². The lowest BCUT2D eigenvalue weighted by molar-refractivity contribution is -0.139. The molecular weight excluding hydrogens is 416 g/mol. The van der Waals surface area contributed by atoms with Gasteiger partial charge in [-0.15, -0.1) is 0 Å². The van der Waals surface area contributed by atoms with Crippen molar-refractivity contribution >= 4 is 11.8 Å². The van der Waals surface area contributed by atoms with Crippen LogP contribution in [-0.2, 0) is 29.1 Å². The summed E-state index contributed by atoms with van der Waals surface area (Å²) in [5.41, 5.74) is 2.86. The van der Waals surface area contributed by atoms with Crippen LogP contribution in [-0.4, -0.2) is 37.0 Å². The van der Waals surface area contributed by atoms with E-state index < -0.39 is 6.04 Å². The van der Waals surface area contributed by atoms with E-state index in [9.17, 15) is 9.59 Å². The zero-order chi connectivity index (χ0) is 23.6. The molecule has 1 N–H and O–H groups in total. The van der Waals surface area contributed by atoms with Crippen LogP contribution in [0.4, 0.5) is 0 Å². The molecule has 3 rings (SSSR count). The number of hydrogen-bond donors (Lipinski definition) is 1. The molecule has 0 spiro atoms. The van der Waals surface area contributed by atoms with Crippen LogP contribution in [0, 0.1) is 0 Å². The Bertz CT molecular complexity index is 1030. The molecule has 6 heteroatoms. The Labute approximate surface area is 195 Å². The molecule has 0 heterocycles. The summed E-state index contributed by atoms with van der Waals surface area (Å²) in [5, 5.41) is 3.00. The largest absolute Gasteiger partial charge is 0.497 e. The van der Waals surface area contributed by atoms with Gasteiger partial charge < -0.3 is 19.7 Å². The average Bonchev–Trinajstić information content (AvgIpc) is 2.85. The van der Waals surface area contributed by atoms with E-state index in [4.69, 9.17) is 9.47 Å². The van der Waals surface area contributed by atoms with Crippen LogP contribution in [0.25, 0.3) is 0 Å². The van der Waals surface area contributed by atoms with Crippen molar-refractivity contribution in [3.63, 3.8) is 0 Å². The lowest BCUT2D eigenvalue weighted by atomic mass is 10.0. The Balaban J connectivity index is 1.80. The first-order valence-electron chi connectivity index (χ1n) is 10.8. The fourth-order valence-corrected chi connectivity index (χ4v) is 3.60. The van der Waals surface area contributed by atoms with Gasteiger partial charge in [0.2, 0.25) is 11.8 Å². The first-order chi connectivity index (χ1) is 16.0. The van der Waals surface area contributed by atoms with Crippen LogP contribution in [0.2, 0.25) is 0 Å². The van der Waals surface area contributed by atoms with E-state index in [0.29, 0.717) is 19.5 Å². The number of carbonyl (C=O) groups is 2. The Morgan fingerprint density at radius 2 is 1.33 bits per heavy atom. The van der Waals surface area contributed by atoms with Crippen LogP contribution >= 0.6 is 0 Å². The number of benzene rings is 3. The van der Waals surface area contributed by atoms with Gasteiger partial charge in [-0.1, -0.05) is 54.6 Å². The van der Waals surface area contributed by atoms with Gasteiger partial charge in [0.25, 0.3) is 0 Å². The molecule has 172 valence electrons. The minimum Gasteiger partial charge on any atom is -0.497 e. The van der Waals surface area contributed by atoms with Crippen molar-refractivity contribution in [3.05, 3.63) is 95.6 Å². The maximum atomic E-state index is 13.3. The van der Waals surface area contributed by atoms with Crippen LogP contribution in [0.3, 0.4) is 0 Å². The number of nitrogens with zero attached hydrogens (tertiary/aromatic N) is 1. The molecule has 0 aliphatic heterocycles. The summed E-state index contributed by atoms with van der Waals surface area (Å²) in [5.74, 6) is 1.14. The number of methoxy groups -OCH3 is 2. The average molecular weight is 447 g/mol. The molecule has 6 nitrogen and oxygen atoms in total. The third kappa shape index (κ3) is 6.84. The molecule has 0 fully saturated rings. The maximum absolute atomic E-state index is 13.3. The van der Waals surface area contributed by atoms with Gasteiger partial charge in [-0.3, -0.25) is 9.59 Å². The van der Waals surface area contributed by atoms with Crippen molar-refractivity contribution in [2.45, 2.75) is 32.5 Å². The number of rotatable bonds is 10. The molecule has 1 atom stereocenters. The number of ether oxygens (including phenoxy) is 2. The van der Waals surface area contributed by atoms with Gasteiger partial charge in [0, 0.05) is 26.4 Å². The third-order valence-corrected chi connectivity index (χ3v) is 5.49. The second-order valence-corrected chi connectivity index (χ2v) is 7.77. The highest BCUT2D eigenvalue weighted by atomic mass is 16.5. The third-order valence-electron chi connectivity index (χ3n) is 5.49. The first kappa shape index (κ1) is 23.9. The van der Waals surface area contributed by atoms with Crippen LogP contribution < -0.4 is 14.8 Å². The second-order valence-electron chi connectivity index (χ2n) is 7.77. The summed E-state index contributed by atoms with van der Waals surface area (Å²) < 4.78 is 10.4. The van der Waals surface area contributed by atoms with Crippen molar-refractivity contribution in [2.24, 2.45) is 0 Å². The molecule has 0 aromatic heterocycles. The van der Waals surface area contributed by atoms with E-state index in [2.05, 4.69) is 5.32 Å². The zero-order valence-electron chi connectivity index (χ0n) is 19.3. The van der Waals surface area contributed by atoms with E-state index >= 15 is 0 Å². The summed E-state index contributed by atoms with van der Waals surface area (Å²) in [7, 11) is 3.23. The molecule has 33 heavy (non-hydrogen) atoms. The van der Waals surface area contributed by atoms with Crippen molar-refractivity contribution in [3.8, 4) is 11.5 Å². The monoisotopic (exact) mass is 446 g/mol.